The molecule has 2 heterocycles. The molecule has 1 saturated heterocycles. The molecule has 0 bridgehead atoms. The third kappa shape index (κ3) is 2.60. The van der Waals surface area contributed by atoms with Gasteiger partial charge < -0.3 is 9.47 Å². The van der Waals surface area contributed by atoms with Crippen LogP contribution in [0.4, 0.5) is 0 Å². The van der Waals surface area contributed by atoms with Gasteiger partial charge in [0.05, 0.1) is 6.10 Å². The van der Waals surface area contributed by atoms with E-state index in [9.17, 15) is 0 Å². The van der Waals surface area contributed by atoms with E-state index in [1.165, 1.54) is 5.56 Å². The summed E-state index contributed by atoms with van der Waals surface area (Å²) in [6.45, 7) is 3.51. The van der Waals surface area contributed by atoms with Crippen LogP contribution >= 0.6 is 15.9 Å². The molecule has 0 radical (unpaired) electrons. The Morgan fingerprint density at radius 3 is 3.11 bits per heavy atom. The zero-order valence-corrected chi connectivity index (χ0v) is 12.4. The Morgan fingerprint density at radius 2 is 2.32 bits per heavy atom. The van der Waals surface area contributed by atoms with Crippen LogP contribution in [0.3, 0.4) is 0 Å². The Kier molecular flexibility index (Phi) is 3.71. The molecule has 1 aliphatic heterocycles. The van der Waals surface area contributed by atoms with Crippen LogP contribution in [0.25, 0.3) is 10.8 Å². The van der Waals surface area contributed by atoms with Gasteiger partial charge in [0.2, 0.25) is 5.88 Å². The monoisotopic (exact) mass is 321 g/mol. The van der Waals surface area contributed by atoms with Gasteiger partial charge in [-0.25, -0.2) is 4.98 Å². The summed E-state index contributed by atoms with van der Waals surface area (Å²) >= 11 is 3.57. The minimum Gasteiger partial charge on any atom is -0.474 e. The first-order chi connectivity index (χ1) is 9.25. The van der Waals surface area contributed by atoms with E-state index < -0.39 is 0 Å². The highest BCUT2D eigenvalue weighted by Gasteiger charge is 2.17. The van der Waals surface area contributed by atoms with E-state index in [1.807, 2.05) is 6.07 Å². The lowest BCUT2D eigenvalue weighted by atomic mass is 10.1. The maximum atomic E-state index is 5.88. The maximum Gasteiger partial charge on any atom is 0.221 e. The highest BCUT2D eigenvalue weighted by molar-refractivity contribution is 9.10. The first-order valence-electron chi connectivity index (χ1n) is 6.54. The molecule has 1 aromatic heterocycles. The number of hydrogen-bond acceptors (Lipinski definition) is 3. The minimum absolute atomic E-state index is 0.213. The average Bonchev–Trinajstić information content (AvgIpc) is 2.94. The number of aromatic nitrogens is 1. The van der Waals surface area contributed by atoms with Crippen LogP contribution in [0, 0.1) is 6.92 Å². The van der Waals surface area contributed by atoms with E-state index in [0.29, 0.717) is 12.5 Å². The molecule has 0 saturated carbocycles. The van der Waals surface area contributed by atoms with E-state index in [2.05, 4.69) is 40.0 Å². The molecule has 1 fully saturated rings. The second kappa shape index (κ2) is 5.47. The van der Waals surface area contributed by atoms with Crippen LogP contribution in [-0.2, 0) is 4.74 Å². The summed E-state index contributed by atoms with van der Waals surface area (Å²) in [6, 6.07) is 6.14. The molecule has 1 unspecified atom stereocenters. The molecule has 1 aromatic carbocycles. The van der Waals surface area contributed by atoms with E-state index >= 15 is 0 Å². The summed E-state index contributed by atoms with van der Waals surface area (Å²) in [7, 11) is 0. The van der Waals surface area contributed by atoms with Gasteiger partial charge in [-0.3, -0.25) is 0 Å². The molecular formula is C15H16BrNO2. The standard InChI is InChI=1S/C15H16BrNO2/c1-10-4-5-13(16)12-6-7-17-15(14(10)12)19-9-11-3-2-8-18-11/h4-7,11H,2-3,8-9H2,1H3. The van der Waals surface area contributed by atoms with Gasteiger partial charge in [-0.1, -0.05) is 22.0 Å². The Hall–Kier alpha value is -1.13. The summed E-state index contributed by atoms with van der Waals surface area (Å²) in [6.07, 6.45) is 4.20. The quantitative estimate of drug-likeness (QED) is 0.860. The topological polar surface area (TPSA) is 31.4 Å². The van der Waals surface area contributed by atoms with Gasteiger partial charge in [0.15, 0.2) is 0 Å². The largest absolute Gasteiger partial charge is 0.474 e. The highest BCUT2D eigenvalue weighted by Crippen LogP contribution is 2.32. The first kappa shape index (κ1) is 12.9. The van der Waals surface area contributed by atoms with Crippen molar-refractivity contribution in [2.24, 2.45) is 0 Å². The number of pyridine rings is 1. The van der Waals surface area contributed by atoms with Gasteiger partial charge in [0, 0.05) is 28.0 Å². The Bertz CT molecular complexity index is 594. The lowest BCUT2D eigenvalue weighted by Crippen LogP contribution is -2.16. The number of nitrogens with zero attached hydrogens (tertiary/aromatic N) is 1. The SMILES string of the molecule is Cc1ccc(Br)c2ccnc(OCC3CCCO3)c12. The van der Waals surface area contributed by atoms with Gasteiger partial charge in [-0.05, 0) is 37.5 Å². The van der Waals surface area contributed by atoms with Crippen molar-refractivity contribution in [2.75, 3.05) is 13.2 Å². The van der Waals surface area contributed by atoms with Crippen LogP contribution in [0.5, 0.6) is 5.88 Å². The fourth-order valence-corrected chi connectivity index (χ4v) is 2.91. The van der Waals surface area contributed by atoms with Gasteiger partial charge >= 0.3 is 0 Å². The Morgan fingerprint density at radius 1 is 1.42 bits per heavy atom. The lowest BCUT2D eigenvalue weighted by molar-refractivity contribution is 0.0669. The zero-order valence-electron chi connectivity index (χ0n) is 10.9. The molecule has 1 atom stereocenters. The van der Waals surface area contributed by atoms with Gasteiger partial charge in [0.25, 0.3) is 0 Å². The smallest absolute Gasteiger partial charge is 0.221 e. The number of hydrogen-bond donors (Lipinski definition) is 0. The molecule has 100 valence electrons. The van der Waals surface area contributed by atoms with E-state index in [1.54, 1.807) is 6.20 Å². The third-order valence-electron chi connectivity index (χ3n) is 3.48. The zero-order chi connectivity index (χ0) is 13.2. The van der Waals surface area contributed by atoms with Gasteiger partial charge in [-0.15, -0.1) is 0 Å². The first-order valence-corrected chi connectivity index (χ1v) is 7.33. The van der Waals surface area contributed by atoms with Crippen molar-refractivity contribution in [1.82, 2.24) is 4.98 Å². The van der Waals surface area contributed by atoms with Crippen molar-refractivity contribution in [3.8, 4) is 5.88 Å². The van der Waals surface area contributed by atoms with Crippen LogP contribution in [-0.4, -0.2) is 24.3 Å². The number of fused-ring (bicyclic) bond motifs is 1. The van der Waals surface area contributed by atoms with Crippen LogP contribution in [0.1, 0.15) is 18.4 Å². The Balaban J connectivity index is 1.92. The van der Waals surface area contributed by atoms with Crippen molar-refractivity contribution in [1.29, 1.82) is 0 Å². The van der Waals surface area contributed by atoms with Crippen molar-refractivity contribution in [3.05, 3.63) is 34.4 Å². The normalized spacial score (nSPS) is 18.9. The van der Waals surface area contributed by atoms with Crippen molar-refractivity contribution < 1.29 is 9.47 Å². The van der Waals surface area contributed by atoms with Gasteiger partial charge in [-0.2, -0.15) is 0 Å². The van der Waals surface area contributed by atoms with Crippen LogP contribution in [0.2, 0.25) is 0 Å². The summed E-state index contributed by atoms with van der Waals surface area (Å²) in [5.74, 6) is 0.701. The second-order valence-corrected chi connectivity index (χ2v) is 5.70. The molecule has 1 aliphatic rings. The summed E-state index contributed by atoms with van der Waals surface area (Å²) in [4.78, 5) is 4.37. The number of benzene rings is 1. The van der Waals surface area contributed by atoms with E-state index in [4.69, 9.17) is 9.47 Å². The molecule has 19 heavy (non-hydrogen) atoms. The predicted octanol–water partition coefficient (Wildman–Crippen LogP) is 3.86. The molecule has 0 spiro atoms. The fraction of sp³-hybridized carbons (Fsp3) is 0.400. The molecule has 0 aliphatic carbocycles. The van der Waals surface area contributed by atoms with Crippen LogP contribution < -0.4 is 4.74 Å². The summed E-state index contributed by atoms with van der Waals surface area (Å²) < 4.78 is 12.5. The summed E-state index contributed by atoms with van der Waals surface area (Å²) in [5.41, 5.74) is 1.17. The van der Waals surface area contributed by atoms with Crippen molar-refractivity contribution in [3.63, 3.8) is 0 Å². The third-order valence-corrected chi connectivity index (χ3v) is 4.17. The molecule has 3 nitrogen and oxygen atoms in total. The highest BCUT2D eigenvalue weighted by atomic mass is 79.9. The Labute approximate surface area is 121 Å². The van der Waals surface area contributed by atoms with Gasteiger partial charge in [0.1, 0.15) is 6.61 Å². The predicted molar refractivity (Wildman–Crippen MR) is 78.6 cm³/mol. The van der Waals surface area contributed by atoms with Crippen LogP contribution in [0.15, 0.2) is 28.9 Å². The molecule has 2 aromatic rings. The van der Waals surface area contributed by atoms with Crippen molar-refractivity contribution >= 4 is 26.7 Å². The number of halogens is 1. The molecular weight excluding hydrogens is 306 g/mol. The summed E-state index contributed by atoms with van der Waals surface area (Å²) in [5, 5.41) is 2.22. The van der Waals surface area contributed by atoms with E-state index in [0.717, 1.165) is 34.7 Å². The number of aryl methyl sites for hydroxylation is 1. The molecule has 0 amide bonds. The number of ether oxygens (including phenoxy) is 2. The van der Waals surface area contributed by atoms with Crippen molar-refractivity contribution in [2.45, 2.75) is 25.9 Å². The maximum absolute atomic E-state index is 5.88. The number of rotatable bonds is 3. The average molecular weight is 322 g/mol. The fourth-order valence-electron chi connectivity index (χ4n) is 2.45. The second-order valence-electron chi connectivity index (χ2n) is 4.85. The minimum atomic E-state index is 0.213. The molecule has 0 N–H and O–H groups in total. The van der Waals surface area contributed by atoms with E-state index in [-0.39, 0.29) is 6.10 Å². The lowest BCUT2D eigenvalue weighted by Gasteiger charge is -2.14. The molecule has 4 heteroatoms. The molecule has 3 rings (SSSR count).